The Balaban J connectivity index is 2.38. The summed E-state index contributed by atoms with van der Waals surface area (Å²) < 4.78 is 6.56. The number of anilines is 1. The summed E-state index contributed by atoms with van der Waals surface area (Å²) in [6.45, 7) is 3.93. The van der Waals surface area contributed by atoms with Crippen LogP contribution in [0, 0.1) is 13.8 Å². The number of hydrogen-bond acceptors (Lipinski definition) is 3. The van der Waals surface area contributed by atoms with Crippen LogP contribution in [0.3, 0.4) is 0 Å². The molecule has 0 spiro atoms. The van der Waals surface area contributed by atoms with Crippen molar-refractivity contribution >= 4 is 21.6 Å². The molecule has 3 nitrogen and oxygen atoms in total. The van der Waals surface area contributed by atoms with Crippen LogP contribution in [0.25, 0.3) is 0 Å². The first-order valence-electron chi connectivity index (χ1n) is 5.23. The lowest BCUT2D eigenvalue weighted by Gasteiger charge is -2.11. The molecule has 1 aromatic heterocycles. The van der Waals surface area contributed by atoms with E-state index in [9.17, 15) is 0 Å². The van der Waals surface area contributed by atoms with Crippen molar-refractivity contribution in [1.29, 1.82) is 0 Å². The van der Waals surface area contributed by atoms with Crippen LogP contribution in [-0.4, -0.2) is 4.98 Å². The van der Waals surface area contributed by atoms with Gasteiger partial charge in [-0.05, 0) is 53.0 Å². The summed E-state index contributed by atoms with van der Waals surface area (Å²) in [6.07, 6.45) is 1.76. The van der Waals surface area contributed by atoms with Gasteiger partial charge in [-0.15, -0.1) is 0 Å². The average molecular weight is 293 g/mol. The van der Waals surface area contributed by atoms with Gasteiger partial charge in [-0.25, -0.2) is 4.98 Å². The molecule has 0 amide bonds. The van der Waals surface area contributed by atoms with E-state index in [0.29, 0.717) is 17.3 Å². The highest BCUT2D eigenvalue weighted by molar-refractivity contribution is 9.10. The number of ether oxygens (including phenoxy) is 1. The fourth-order valence-electron chi connectivity index (χ4n) is 1.51. The predicted octanol–water partition coefficient (Wildman–Crippen LogP) is 3.84. The molecule has 17 heavy (non-hydrogen) atoms. The number of nitrogens with two attached hydrogens (primary N) is 1. The van der Waals surface area contributed by atoms with Crippen LogP contribution in [0.2, 0.25) is 0 Å². The molecule has 0 fully saturated rings. The Kier molecular flexibility index (Phi) is 3.33. The third kappa shape index (κ3) is 2.58. The van der Waals surface area contributed by atoms with Crippen molar-refractivity contribution in [3.05, 3.63) is 46.1 Å². The van der Waals surface area contributed by atoms with Crippen molar-refractivity contribution in [1.82, 2.24) is 4.98 Å². The van der Waals surface area contributed by atoms with E-state index in [1.54, 1.807) is 6.20 Å². The molecular formula is C13H13BrN2O. The van der Waals surface area contributed by atoms with Crippen molar-refractivity contribution in [3.63, 3.8) is 0 Å². The maximum Gasteiger partial charge on any atom is 0.233 e. The second-order valence-electron chi connectivity index (χ2n) is 3.89. The number of aryl methyl sites for hydroxylation is 2. The summed E-state index contributed by atoms with van der Waals surface area (Å²) in [5.41, 5.74) is 8.55. The Hall–Kier alpha value is -1.55. The second kappa shape index (κ2) is 4.75. The minimum atomic E-state index is 0.525. The van der Waals surface area contributed by atoms with Crippen LogP contribution in [-0.2, 0) is 0 Å². The zero-order valence-corrected chi connectivity index (χ0v) is 11.3. The van der Waals surface area contributed by atoms with Gasteiger partial charge in [0.05, 0.1) is 10.2 Å². The minimum Gasteiger partial charge on any atom is -0.435 e. The maximum absolute atomic E-state index is 5.88. The lowest BCUT2D eigenvalue weighted by Crippen LogP contribution is -1.96. The van der Waals surface area contributed by atoms with Crippen molar-refractivity contribution in [2.45, 2.75) is 13.8 Å². The molecule has 1 aromatic carbocycles. The van der Waals surface area contributed by atoms with E-state index < -0.39 is 0 Å². The molecule has 0 unspecified atom stereocenters. The molecule has 0 aliphatic heterocycles. The molecule has 4 heteroatoms. The van der Waals surface area contributed by atoms with Gasteiger partial charge in [0.15, 0.2) is 5.75 Å². The molecule has 0 aliphatic rings. The van der Waals surface area contributed by atoms with E-state index in [-0.39, 0.29) is 0 Å². The highest BCUT2D eigenvalue weighted by Gasteiger charge is 2.09. The molecule has 0 aliphatic carbocycles. The third-order valence-corrected chi connectivity index (χ3v) is 2.95. The number of para-hydroxylation sites is 1. The smallest absolute Gasteiger partial charge is 0.233 e. The molecule has 0 saturated carbocycles. The number of nitrogen functional groups attached to an aromatic ring is 1. The Morgan fingerprint density at radius 1 is 1.29 bits per heavy atom. The van der Waals surface area contributed by atoms with Crippen LogP contribution in [0.15, 0.2) is 34.9 Å². The van der Waals surface area contributed by atoms with Crippen molar-refractivity contribution in [2.24, 2.45) is 0 Å². The van der Waals surface area contributed by atoms with E-state index in [4.69, 9.17) is 10.5 Å². The van der Waals surface area contributed by atoms with Gasteiger partial charge in [0.1, 0.15) is 0 Å². The summed E-state index contributed by atoms with van der Waals surface area (Å²) in [5.74, 6) is 1.18. The highest BCUT2D eigenvalue weighted by Crippen LogP contribution is 2.33. The number of halogens is 1. The van der Waals surface area contributed by atoms with E-state index in [1.807, 2.05) is 38.1 Å². The molecule has 0 saturated heterocycles. The fraction of sp³-hybridized carbons (Fsp3) is 0.154. The van der Waals surface area contributed by atoms with Gasteiger partial charge in [0.2, 0.25) is 5.88 Å². The molecule has 0 atom stereocenters. The van der Waals surface area contributed by atoms with Crippen LogP contribution >= 0.6 is 15.9 Å². The first-order valence-corrected chi connectivity index (χ1v) is 6.02. The van der Waals surface area contributed by atoms with Gasteiger partial charge in [-0.3, -0.25) is 0 Å². The lowest BCUT2D eigenvalue weighted by atomic mass is 10.2. The third-order valence-electron chi connectivity index (χ3n) is 2.39. The average Bonchev–Trinajstić information content (AvgIpc) is 2.26. The van der Waals surface area contributed by atoms with E-state index >= 15 is 0 Å². The summed E-state index contributed by atoms with van der Waals surface area (Å²) in [6, 6.07) is 7.62. The van der Waals surface area contributed by atoms with Gasteiger partial charge in [-0.2, -0.15) is 0 Å². The van der Waals surface area contributed by atoms with E-state index in [0.717, 1.165) is 15.6 Å². The zero-order chi connectivity index (χ0) is 12.4. The van der Waals surface area contributed by atoms with Crippen molar-refractivity contribution in [2.75, 3.05) is 5.73 Å². The highest BCUT2D eigenvalue weighted by atomic mass is 79.9. The van der Waals surface area contributed by atoms with Crippen LogP contribution in [0.5, 0.6) is 11.6 Å². The van der Waals surface area contributed by atoms with Gasteiger partial charge in [-0.1, -0.05) is 12.1 Å². The largest absolute Gasteiger partial charge is 0.435 e. The number of rotatable bonds is 2. The van der Waals surface area contributed by atoms with Crippen LogP contribution in [0.4, 0.5) is 5.69 Å². The number of nitrogens with zero attached hydrogens (tertiary/aromatic N) is 1. The predicted molar refractivity (Wildman–Crippen MR) is 72.3 cm³/mol. The summed E-state index contributed by atoms with van der Waals surface area (Å²) in [5, 5.41) is 0. The molecule has 0 radical (unpaired) electrons. The number of hydrogen-bond donors (Lipinski definition) is 1. The minimum absolute atomic E-state index is 0.525. The second-order valence-corrected chi connectivity index (χ2v) is 4.75. The number of aromatic nitrogens is 1. The monoisotopic (exact) mass is 292 g/mol. The maximum atomic E-state index is 5.88. The van der Waals surface area contributed by atoms with E-state index in [1.165, 1.54) is 0 Å². The topological polar surface area (TPSA) is 48.1 Å². The number of benzene rings is 1. The van der Waals surface area contributed by atoms with Gasteiger partial charge in [0, 0.05) is 6.20 Å². The molecule has 0 bridgehead atoms. The van der Waals surface area contributed by atoms with E-state index in [2.05, 4.69) is 20.9 Å². The summed E-state index contributed by atoms with van der Waals surface area (Å²) in [7, 11) is 0. The molecule has 2 N–H and O–H groups in total. The summed E-state index contributed by atoms with van der Waals surface area (Å²) in [4.78, 5) is 4.23. The molecule has 2 rings (SSSR count). The van der Waals surface area contributed by atoms with Crippen LogP contribution < -0.4 is 10.5 Å². The normalized spacial score (nSPS) is 10.3. The van der Waals surface area contributed by atoms with Crippen LogP contribution in [0.1, 0.15) is 11.1 Å². The molecular weight excluding hydrogens is 280 g/mol. The standard InChI is InChI=1S/C13H13BrN2O/c1-8-6-10(14)13(16-7-8)17-12-9(2)4-3-5-11(12)15/h3-7H,15H2,1-2H3. The van der Waals surface area contributed by atoms with Gasteiger partial charge >= 0.3 is 0 Å². The first kappa shape index (κ1) is 11.9. The Morgan fingerprint density at radius 2 is 2.06 bits per heavy atom. The van der Waals surface area contributed by atoms with Gasteiger partial charge < -0.3 is 10.5 Å². The van der Waals surface area contributed by atoms with Crippen molar-refractivity contribution in [3.8, 4) is 11.6 Å². The fourth-order valence-corrected chi connectivity index (χ4v) is 2.05. The van der Waals surface area contributed by atoms with Crippen molar-refractivity contribution < 1.29 is 4.74 Å². The summed E-state index contributed by atoms with van der Waals surface area (Å²) >= 11 is 3.43. The number of pyridine rings is 1. The molecule has 1 heterocycles. The SMILES string of the molecule is Cc1cnc(Oc2c(C)cccc2N)c(Br)c1. The Morgan fingerprint density at radius 3 is 2.71 bits per heavy atom. The lowest BCUT2D eigenvalue weighted by molar-refractivity contribution is 0.458. The Labute approximate surface area is 109 Å². The quantitative estimate of drug-likeness (QED) is 0.856. The zero-order valence-electron chi connectivity index (χ0n) is 9.70. The van der Waals surface area contributed by atoms with Gasteiger partial charge in [0.25, 0.3) is 0 Å². The molecule has 2 aromatic rings. The Bertz CT molecular complexity index is 535. The first-order chi connectivity index (χ1) is 8.08. The molecule has 88 valence electrons.